The molecule has 0 aromatic heterocycles. The number of benzene rings is 2. The fraction of sp³-hybridized carbons (Fsp3) is 0.744. The predicted octanol–water partition coefficient (Wildman–Crippen LogP) is 24.0. The molecule has 3 rings (SSSR count). The summed E-state index contributed by atoms with van der Waals surface area (Å²) in [4.78, 5) is 69.5. The molecule has 0 saturated carbocycles. The third-order valence-electron chi connectivity index (χ3n) is 17.9. The zero-order chi connectivity index (χ0) is 73.7. The molecular formula is C86H150O9. The Morgan fingerprint density at radius 1 is 0.463 bits per heavy atom. The van der Waals surface area contributed by atoms with E-state index < -0.39 is 17.6 Å². The number of aliphatic hydroxyl groups excluding tert-OH is 2. The molecule has 0 spiro atoms. The van der Waals surface area contributed by atoms with E-state index in [0.717, 1.165) is 77.0 Å². The van der Waals surface area contributed by atoms with Gasteiger partial charge in [-0.25, -0.2) is 0 Å². The van der Waals surface area contributed by atoms with Gasteiger partial charge in [0.15, 0.2) is 5.78 Å². The number of hydrogen-bond acceptors (Lipinski definition) is 9. The fourth-order valence-corrected chi connectivity index (χ4v) is 9.70. The Morgan fingerprint density at radius 2 is 0.832 bits per heavy atom. The van der Waals surface area contributed by atoms with Crippen LogP contribution in [0, 0.1) is 51.2 Å². The van der Waals surface area contributed by atoms with Gasteiger partial charge in [0.05, 0.1) is 17.6 Å². The number of unbranched alkanes of at least 4 members (excludes halogenated alkanes) is 10. The normalized spacial score (nSPS) is 13.8. The average molecular weight is 1330 g/mol. The van der Waals surface area contributed by atoms with Gasteiger partial charge >= 0.3 is 5.97 Å². The molecule has 0 bridgehead atoms. The highest BCUT2D eigenvalue weighted by Gasteiger charge is 2.31. The lowest BCUT2D eigenvalue weighted by Crippen LogP contribution is -2.25. The monoisotopic (exact) mass is 1330 g/mol. The van der Waals surface area contributed by atoms with Gasteiger partial charge < -0.3 is 14.9 Å². The molecule has 9 heteroatoms. The summed E-state index contributed by atoms with van der Waals surface area (Å²) in [6, 6.07) is 16.7. The molecule has 1 aliphatic carbocycles. The van der Waals surface area contributed by atoms with Crippen LogP contribution in [0.1, 0.15) is 358 Å². The molecule has 1 aliphatic rings. The maximum atomic E-state index is 12.0. The number of ether oxygens (including phenoxy) is 1. The van der Waals surface area contributed by atoms with E-state index in [1.807, 2.05) is 130 Å². The summed E-state index contributed by atoms with van der Waals surface area (Å²) in [5.41, 5.74) is 6.52. The van der Waals surface area contributed by atoms with Crippen LogP contribution in [0.25, 0.3) is 11.1 Å². The molecule has 95 heavy (non-hydrogen) atoms. The average Bonchev–Trinajstić information content (AvgIpc) is 1.62. The van der Waals surface area contributed by atoms with Crippen LogP contribution in [0.5, 0.6) is 0 Å². The van der Waals surface area contributed by atoms with Gasteiger partial charge in [-0.15, -0.1) is 0 Å². The molecule has 0 heterocycles. The van der Waals surface area contributed by atoms with E-state index in [-0.39, 0.29) is 57.3 Å². The molecule has 2 aromatic rings. The van der Waals surface area contributed by atoms with E-state index in [1.165, 1.54) is 104 Å². The highest BCUT2D eigenvalue weighted by atomic mass is 16.5. The number of carbonyl (C=O) groups excluding carboxylic acids is 6. The Morgan fingerprint density at radius 3 is 1.18 bits per heavy atom. The van der Waals surface area contributed by atoms with E-state index in [0.29, 0.717) is 48.8 Å². The van der Waals surface area contributed by atoms with Crippen LogP contribution in [-0.2, 0) is 33.5 Å². The molecule has 0 fully saturated rings. The second-order valence-electron chi connectivity index (χ2n) is 32.8. The highest BCUT2D eigenvalue weighted by molar-refractivity contribution is 5.94. The Bertz CT molecular complexity index is 2370. The molecule has 4 unspecified atom stereocenters. The van der Waals surface area contributed by atoms with Crippen molar-refractivity contribution in [2.45, 2.75) is 359 Å². The first-order valence-electron chi connectivity index (χ1n) is 37.7. The topological polar surface area (TPSA) is 152 Å². The molecule has 9 nitrogen and oxygen atoms in total. The smallest absolute Gasteiger partial charge is 0.311 e. The van der Waals surface area contributed by atoms with Gasteiger partial charge in [-0.05, 0) is 139 Å². The van der Waals surface area contributed by atoms with Crippen molar-refractivity contribution in [1.82, 2.24) is 0 Å². The van der Waals surface area contributed by atoms with Gasteiger partial charge in [0.1, 0.15) is 29.7 Å². The summed E-state index contributed by atoms with van der Waals surface area (Å²) in [7, 11) is 0. The number of aliphatic hydroxyl groups is 2. The first-order chi connectivity index (χ1) is 44.0. The summed E-state index contributed by atoms with van der Waals surface area (Å²) in [5, 5.41) is 19.2. The lowest BCUT2D eigenvalue weighted by Gasteiger charge is -2.20. The standard InChI is InChI=1S/C19H20O2.C18H36O.C14H24O.2C12H24O2.C11H22O/c1-19(2,3)18(20)21-12-17-15-10-6-4-8-13(15)14-9-5-7-11-16(14)17;1-5-6-7-8-9-10-11-12-13-14-15-16-17(19)18(2,3)4;1-11(2)8-7-9-12(3)10-13(15)14(4,5)6;2*1-5-10(4)6-7-11(13)8-12(14)9(2)3;1-6-9(2)7-8-10(12)11(3,4)5/h4-11,17H,12H2,1-3H3;5-16H2,1-4H3;8,10H,7,9H2,1-6H3;2*9-11,13H,5-8H2,1-4H3;9H,6-8H2,1-5H3/b;;12-10+;;;/t;;;10?,11-;;/m...1../s1. The minimum atomic E-state index is -0.461. The molecule has 2 aromatic carbocycles. The van der Waals surface area contributed by atoms with Gasteiger partial charge in [-0.1, -0.05) is 288 Å². The minimum Gasteiger partial charge on any atom is -0.464 e. The van der Waals surface area contributed by atoms with Crippen molar-refractivity contribution in [3.8, 4) is 11.1 Å². The van der Waals surface area contributed by atoms with Crippen LogP contribution in [-0.4, -0.2) is 63.9 Å². The van der Waals surface area contributed by atoms with Crippen molar-refractivity contribution in [2.24, 2.45) is 51.2 Å². The van der Waals surface area contributed by atoms with Crippen LogP contribution in [0.3, 0.4) is 0 Å². The molecule has 0 aliphatic heterocycles. The summed E-state index contributed by atoms with van der Waals surface area (Å²) in [6.07, 6.45) is 30.2. The van der Waals surface area contributed by atoms with Gasteiger partial charge in [-0.2, -0.15) is 0 Å². The van der Waals surface area contributed by atoms with E-state index in [9.17, 15) is 39.0 Å². The lowest BCUT2D eigenvalue weighted by molar-refractivity contribution is -0.153. The third kappa shape index (κ3) is 48.9. The number of rotatable bonds is 36. The van der Waals surface area contributed by atoms with Crippen molar-refractivity contribution in [2.75, 3.05) is 6.61 Å². The zero-order valence-electron chi connectivity index (χ0n) is 66.5. The fourth-order valence-electron chi connectivity index (χ4n) is 9.70. The summed E-state index contributed by atoms with van der Waals surface area (Å²) < 4.78 is 5.57. The zero-order valence-corrected chi connectivity index (χ0v) is 66.5. The first-order valence-corrected chi connectivity index (χ1v) is 37.7. The number of hydrogen-bond donors (Lipinski definition) is 2. The minimum absolute atomic E-state index is 0.0493. The summed E-state index contributed by atoms with van der Waals surface area (Å²) in [5.74, 6) is 3.45. The molecule has 2 N–H and O–H groups in total. The van der Waals surface area contributed by atoms with E-state index in [4.69, 9.17) is 4.74 Å². The number of ketones is 5. The van der Waals surface area contributed by atoms with E-state index in [1.54, 1.807) is 6.08 Å². The van der Waals surface area contributed by atoms with Crippen LogP contribution < -0.4 is 0 Å². The highest BCUT2D eigenvalue weighted by Crippen LogP contribution is 2.45. The summed E-state index contributed by atoms with van der Waals surface area (Å²) in [6.45, 7) is 53.0. The van der Waals surface area contributed by atoms with Crippen molar-refractivity contribution in [3.05, 3.63) is 83.0 Å². The Kier molecular flexibility index (Phi) is 51.7. The lowest BCUT2D eigenvalue weighted by atomic mass is 9.86. The Balaban J connectivity index is -0.00000108. The largest absolute Gasteiger partial charge is 0.464 e. The van der Waals surface area contributed by atoms with Crippen LogP contribution >= 0.6 is 0 Å². The van der Waals surface area contributed by atoms with Gasteiger partial charge in [0.25, 0.3) is 0 Å². The van der Waals surface area contributed by atoms with E-state index >= 15 is 0 Å². The molecule has 5 atom stereocenters. The second kappa shape index (κ2) is 51.8. The van der Waals surface area contributed by atoms with Crippen molar-refractivity contribution in [3.63, 3.8) is 0 Å². The molecule has 0 amide bonds. The molecule has 548 valence electrons. The number of esters is 1. The molecular weight excluding hydrogens is 1180 g/mol. The number of carbonyl (C=O) groups is 6. The van der Waals surface area contributed by atoms with Crippen LogP contribution in [0.15, 0.2) is 71.8 Å². The van der Waals surface area contributed by atoms with Crippen LogP contribution in [0.4, 0.5) is 0 Å². The number of fused-ring (bicyclic) bond motifs is 3. The number of allylic oxidation sites excluding steroid dienone is 4. The van der Waals surface area contributed by atoms with Crippen molar-refractivity contribution >= 4 is 34.9 Å². The van der Waals surface area contributed by atoms with Gasteiger partial charge in [-0.3, -0.25) is 28.8 Å². The maximum Gasteiger partial charge on any atom is 0.311 e. The van der Waals surface area contributed by atoms with Crippen LogP contribution in [0.2, 0.25) is 0 Å². The summed E-state index contributed by atoms with van der Waals surface area (Å²) >= 11 is 0. The van der Waals surface area contributed by atoms with Crippen molar-refractivity contribution in [1.29, 1.82) is 0 Å². The van der Waals surface area contributed by atoms with E-state index in [2.05, 4.69) is 105 Å². The van der Waals surface area contributed by atoms with Gasteiger partial charge in [0.2, 0.25) is 0 Å². The quantitative estimate of drug-likeness (QED) is 0.0294. The predicted molar refractivity (Wildman–Crippen MR) is 408 cm³/mol. The van der Waals surface area contributed by atoms with Gasteiger partial charge in [0, 0.05) is 59.7 Å². The maximum absolute atomic E-state index is 12.0. The van der Waals surface area contributed by atoms with Crippen molar-refractivity contribution < 1.29 is 43.7 Å². The first kappa shape index (κ1) is 94.8. The Hall–Kier alpha value is -4.34. The second-order valence-corrected chi connectivity index (χ2v) is 32.8. The molecule has 0 saturated heterocycles. The Labute approximate surface area is 586 Å². The molecule has 0 radical (unpaired) electrons. The number of Topliss-reactive ketones (excluding diaryl/α,β-unsaturated/α-hetero) is 4. The third-order valence-corrected chi connectivity index (χ3v) is 17.9. The SMILES string of the molecule is CC(C)(C)C(=O)OCC1c2ccccc2-c2ccccc21.CC(C)=CCC/C(C)=C/C(=O)C(C)(C)C.CCC(C)CCC(=O)C(C)(C)C.CCC(C)CCC(O)CC(=O)C(C)C.CCC(C)CC[C@@H](O)CC(=O)C(C)C.CCCCCCCCCCCCCC(=O)C(C)(C)C.